The molecule has 0 aliphatic heterocycles. The van der Waals surface area contributed by atoms with Crippen LogP contribution < -0.4 is 5.32 Å². The standard InChI is InChI=1S/C15H13NO4/c1-20-15(19)12-7-2-3-8-13(12)16-14(18)10-5-4-6-11(17)9-10/h2-9,17H,1H3,(H,16,18). The lowest BCUT2D eigenvalue weighted by molar-refractivity contribution is 0.0602. The van der Waals surface area contributed by atoms with Crippen molar-refractivity contribution in [2.45, 2.75) is 0 Å². The quantitative estimate of drug-likeness (QED) is 0.841. The number of amides is 1. The summed E-state index contributed by atoms with van der Waals surface area (Å²) in [6.45, 7) is 0. The maximum absolute atomic E-state index is 12.1. The Morgan fingerprint density at radius 2 is 1.85 bits per heavy atom. The number of phenolic OH excluding ortho intramolecular Hbond substituents is 1. The number of carbonyl (C=O) groups excluding carboxylic acids is 2. The number of carbonyl (C=O) groups is 2. The Hall–Kier alpha value is -2.82. The molecule has 0 heterocycles. The molecule has 0 bridgehead atoms. The Bertz CT molecular complexity index is 652. The third-order valence-electron chi connectivity index (χ3n) is 2.69. The summed E-state index contributed by atoms with van der Waals surface area (Å²) in [5.74, 6) is -0.951. The van der Waals surface area contributed by atoms with Crippen LogP contribution in [-0.2, 0) is 4.74 Å². The van der Waals surface area contributed by atoms with E-state index in [-0.39, 0.29) is 11.3 Å². The zero-order valence-corrected chi connectivity index (χ0v) is 10.8. The lowest BCUT2D eigenvalue weighted by atomic mass is 10.1. The number of hydrogen-bond donors (Lipinski definition) is 2. The first-order valence-electron chi connectivity index (χ1n) is 5.89. The topological polar surface area (TPSA) is 75.6 Å². The second-order valence-electron chi connectivity index (χ2n) is 4.04. The van der Waals surface area contributed by atoms with E-state index in [4.69, 9.17) is 0 Å². The van der Waals surface area contributed by atoms with Crippen LogP contribution in [0.2, 0.25) is 0 Å². The molecule has 5 heteroatoms. The molecule has 2 aromatic rings. The van der Waals surface area contributed by atoms with E-state index in [0.29, 0.717) is 11.3 Å². The Morgan fingerprint density at radius 1 is 1.10 bits per heavy atom. The van der Waals surface area contributed by atoms with Crippen LogP contribution in [0.5, 0.6) is 5.75 Å². The molecule has 102 valence electrons. The Morgan fingerprint density at radius 3 is 2.55 bits per heavy atom. The van der Waals surface area contributed by atoms with Gasteiger partial charge in [-0.1, -0.05) is 18.2 Å². The average Bonchev–Trinajstić information content (AvgIpc) is 2.47. The van der Waals surface area contributed by atoms with Gasteiger partial charge in [0.2, 0.25) is 0 Å². The van der Waals surface area contributed by atoms with Gasteiger partial charge in [0.25, 0.3) is 5.91 Å². The fraction of sp³-hybridized carbons (Fsp3) is 0.0667. The van der Waals surface area contributed by atoms with Gasteiger partial charge in [0.1, 0.15) is 5.75 Å². The zero-order chi connectivity index (χ0) is 14.5. The van der Waals surface area contributed by atoms with Crippen molar-refractivity contribution >= 4 is 17.6 Å². The predicted octanol–water partition coefficient (Wildman–Crippen LogP) is 2.43. The van der Waals surface area contributed by atoms with E-state index >= 15 is 0 Å². The number of nitrogens with one attached hydrogen (secondary N) is 1. The maximum atomic E-state index is 12.1. The molecule has 0 fully saturated rings. The smallest absolute Gasteiger partial charge is 0.339 e. The monoisotopic (exact) mass is 271 g/mol. The second-order valence-corrected chi connectivity index (χ2v) is 4.04. The number of aromatic hydroxyl groups is 1. The van der Waals surface area contributed by atoms with E-state index in [1.165, 1.54) is 19.2 Å². The van der Waals surface area contributed by atoms with Gasteiger partial charge in [-0.25, -0.2) is 4.79 Å². The lowest BCUT2D eigenvalue weighted by Gasteiger charge is -2.09. The minimum Gasteiger partial charge on any atom is -0.508 e. The zero-order valence-electron chi connectivity index (χ0n) is 10.8. The molecule has 0 aliphatic rings. The van der Waals surface area contributed by atoms with Crippen molar-refractivity contribution in [3.05, 3.63) is 59.7 Å². The minimum atomic E-state index is -0.531. The fourth-order valence-electron chi connectivity index (χ4n) is 1.72. The molecule has 20 heavy (non-hydrogen) atoms. The van der Waals surface area contributed by atoms with Crippen LogP contribution in [0.25, 0.3) is 0 Å². The van der Waals surface area contributed by atoms with Gasteiger partial charge < -0.3 is 15.2 Å². The molecule has 2 aromatic carbocycles. The van der Waals surface area contributed by atoms with Crippen LogP contribution in [-0.4, -0.2) is 24.1 Å². The van der Waals surface area contributed by atoms with Gasteiger partial charge in [0, 0.05) is 5.56 Å². The molecule has 0 saturated heterocycles. The summed E-state index contributed by atoms with van der Waals surface area (Å²) in [5.41, 5.74) is 0.917. The summed E-state index contributed by atoms with van der Waals surface area (Å²) in [5, 5.41) is 12.0. The van der Waals surface area contributed by atoms with E-state index < -0.39 is 11.9 Å². The molecular weight excluding hydrogens is 258 g/mol. The van der Waals surface area contributed by atoms with Crippen LogP contribution in [0.1, 0.15) is 20.7 Å². The Labute approximate surface area is 115 Å². The molecule has 0 unspecified atom stereocenters. The van der Waals surface area contributed by atoms with E-state index in [1.54, 1.807) is 36.4 Å². The van der Waals surface area contributed by atoms with E-state index in [2.05, 4.69) is 10.1 Å². The average molecular weight is 271 g/mol. The van der Waals surface area contributed by atoms with Crippen molar-refractivity contribution in [1.29, 1.82) is 0 Å². The second kappa shape index (κ2) is 5.88. The predicted molar refractivity (Wildman–Crippen MR) is 73.8 cm³/mol. The van der Waals surface area contributed by atoms with Crippen molar-refractivity contribution < 1.29 is 19.4 Å². The van der Waals surface area contributed by atoms with Gasteiger partial charge >= 0.3 is 5.97 Å². The third-order valence-corrected chi connectivity index (χ3v) is 2.69. The van der Waals surface area contributed by atoms with Crippen molar-refractivity contribution in [3.63, 3.8) is 0 Å². The Balaban J connectivity index is 2.26. The van der Waals surface area contributed by atoms with Crippen molar-refractivity contribution in [1.82, 2.24) is 0 Å². The summed E-state index contributed by atoms with van der Waals surface area (Å²) in [6, 6.07) is 12.5. The molecule has 0 aliphatic carbocycles. The summed E-state index contributed by atoms with van der Waals surface area (Å²) in [7, 11) is 1.27. The number of esters is 1. The highest BCUT2D eigenvalue weighted by Crippen LogP contribution is 2.18. The number of para-hydroxylation sites is 1. The number of rotatable bonds is 3. The first-order chi connectivity index (χ1) is 9.61. The van der Waals surface area contributed by atoms with E-state index in [9.17, 15) is 14.7 Å². The molecule has 0 spiro atoms. The number of benzene rings is 2. The van der Waals surface area contributed by atoms with Gasteiger partial charge in [0.05, 0.1) is 18.4 Å². The molecule has 0 saturated carbocycles. The van der Waals surface area contributed by atoms with Crippen LogP contribution in [0.15, 0.2) is 48.5 Å². The SMILES string of the molecule is COC(=O)c1ccccc1NC(=O)c1cccc(O)c1. The number of hydrogen-bond acceptors (Lipinski definition) is 4. The van der Waals surface area contributed by atoms with Gasteiger partial charge in [-0.05, 0) is 30.3 Å². The summed E-state index contributed by atoms with van der Waals surface area (Å²) < 4.78 is 4.65. The van der Waals surface area contributed by atoms with Crippen molar-refractivity contribution in [2.24, 2.45) is 0 Å². The van der Waals surface area contributed by atoms with Crippen molar-refractivity contribution in [3.8, 4) is 5.75 Å². The highest BCUT2D eigenvalue weighted by Gasteiger charge is 2.14. The Kier molecular flexibility index (Phi) is 4.00. The normalized spacial score (nSPS) is 9.85. The van der Waals surface area contributed by atoms with Gasteiger partial charge in [-0.15, -0.1) is 0 Å². The summed E-state index contributed by atoms with van der Waals surface area (Å²) >= 11 is 0. The molecular formula is C15H13NO4. The number of methoxy groups -OCH3 is 1. The largest absolute Gasteiger partial charge is 0.508 e. The number of anilines is 1. The number of ether oxygens (including phenoxy) is 1. The highest BCUT2D eigenvalue weighted by molar-refractivity contribution is 6.08. The first-order valence-corrected chi connectivity index (χ1v) is 5.89. The van der Waals surface area contributed by atoms with E-state index in [0.717, 1.165) is 0 Å². The minimum absolute atomic E-state index is 0.00102. The third kappa shape index (κ3) is 2.95. The molecule has 0 atom stereocenters. The fourth-order valence-corrected chi connectivity index (χ4v) is 1.72. The van der Waals surface area contributed by atoms with Crippen LogP contribution >= 0.6 is 0 Å². The molecule has 0 aromatic heterocycles. The lowest BCUT2D eigenvalue weighted by Crippen LogP contribution is -2.15. The van der Waals surface area contributed by atoms with Crippen molar-refractivity contribution in [2.75, 3.05) is 12.4 Å². The molecule has 2 rings (SSSR count). The summed E-state index contributed by atoms with van der Waals surface area (Å²) in [6.07, 6.45) is 0. The van der Waals surface area contributed by atoms with Crippen LogP contribution in [0.4, 0.5) is 5.69 Å². The van der Waals surface area contributed by atoms with E-state index in [1.807, 2.05) is 0 Å². The van der Waals surface area contributed by atoms with Gasteiger partial charge in [-0.2, -0.15) is 0 Å². The van der Waals surface area contributed by atoms with Gasteiger partial charge in [-0.3, -0.25) is 4.79 Å². The first kappa shape index (κ1) is 13.6. The highest BCUT2D eigenvalue weighted by atomic mass is 16.5. The van der Waals surface area contributed by atoms with Crippen LogP contribution in [0.3, 0.4) is 0 Å². The van der Waals surface area contributed by atoms with Crippen LogP contribution in [0, 0.1) is 0 Å². The summed E-state index contributed by atoms with van der Waals surface area (Å²) in [4.78, 5) is 23.6. The van der Waals surface area contributed by atoms with Gasteiger partial charge in [0.15, 0.2) is 0 Å². The number of phenols is 1. The molecule has 2 N–H and O–H groups in total. The molecule has 0 radical (unpaired) electrons. The molecule has 5 nitrogen and oxygen atoms in total. The maximum Gasteiger partial charge on any atom is 0.339 e. The molecule has 1 amide bonds.